The van der Waals surface area contributed by atoms with E-state index in [0.717, 1.165) is 30.6 Å². The Morgan fingerprint density at radius 2 is 1.77 bits per heavy atom. The fraction of sp³-hybridized carbons (Fsp3) is 0.292. The maximum absolute atomic E-state index is 12.7. The van der Waals surface area contributed by atoms with Gasteiger partial charge in [0.1, 0.15) is 11.8 Å². The second-order valence-corrected chi connectivity index (χ2v) is 7.20. The maximum Gasteiger partial charge on any atom is 0.267 e. The molecule has 0 aliphatic rings. The van der Waals surface area contributed by atoms with Crippen molar-refractivity contribution in [3.05, 3.63) is 76.6 Å². The van der Waals surface area contributed by atoms with Crippen molar-refractivity contribution in [2.75, 3.05) is 12.4 Å². The van der Waals surface area contributed by atoms with Crippen LogP contribution in [-0.2, 0) is 11.2 Å². The van der Waals surface area contributed by atoms with Crippen molar-refractivity contribution >= 4 is 11.6 Å². The van der Waals surface area contributed by atoms with Crippen molar-refractivity contribution in [1.82, 2.24) is 9.78 Å². The van der Waals surface area contributed by atoms with Gasteiger partial charge in [0, 0.05) is 17.3 Å². The predicted octanol–water partition coefficient (Wildman–Crippen LogP) is 4.46. The lowest BCUT2D eigenvalue weighted by atomic mass is 10.1. The van der Waals surface area contributed by atoms with Gasteiger partial charge in [0.2, 0.25) is 5.91 Å². The predicted molar refractivity (Wildman–Crippen MR) is 119 cm³/mol. The van der Waals surface area contributed by atoms with Gasteiger partial charge in [-0.05, 0) is 67.8 Å². The molecule has 0 saturated heterocycles. The summed E-state index contributed by atoms with van der Waals surface area (Å²) in [6, 6.07) is 17.5. The first-order chi connectivity index (χ1) is 14.5. The third-order valence-electron chi connectivity index (χ3n) is 5.00. The molecule has 6 nitrogen and oxygen atoms in total. The van der Waals surface area contributed by atoms with Crippen LogP contribution in [0.25, 0.3) is 11.3 Å². The molecule has 0 radical (unpaired) electrons. The SMILES string of the molecule is CCCCc1ccc(NC(=O)C(C)n2nc(-c3ccc(OC)cc3)ccc2=O)cc1. The first-order valence-electron chi connectivity index (χ1n) is 10.2. The van der Waals surface area contributed by atoms with E-state index in [1.807, 2.05) is 48.5 Å². The van der Waals surface area contributed by atoms with E-state index in [1.165, 1.54) is 16.3 Å². The van der Waals surface area contributed by atoms with Gasteiger partial charge in [-0.1, -0.05) is 25.5 Å². The summed E-state index contributed by atoms with van der Waals surface area (Å²) < 4.78 is 6.38. The van der Waals surface area contributed by atoms with Crippen molar-refractivity contribution in [3.63, 3.8) is 0 Å². The molecular formula is C24H27N3O3. The zero-order chi connectivity index (χ0) is 21.5. The molecule has 1 amide bonds. The van der Waals surface area contributed by atoms with E-state index in [4.69, 9.17) is 4.74 Å². The number of rotatable bonds is 8. The molecule has 1 heterocycles. The Kier molecular flexibility index (Phi) is 7.01. The van der Waals surface area contributed by atoms with E-state index < -0.39 is 6.04 Å². The second kappa shape index (κ2) is 9.87. The molecule has 1 N–H and O–H groups in total. The molecule has 1 unspecified atom stereocenters. The topological polar surface area (TPSA) is 73.2 Å². The lowest BCUT2D eigenvalue weighted by molar-refractivity contribution is -0.119. The number of carbonyl (C=O) groups excluding carboxylic acids is 1. The Bertz CT molecular complexity index is 1040. The van der Waals surface area contributed by atoms with Crippen molar-refractivity contribution < 1.29 is 9.53 Å². The molecule has 0 aliphatic carbocycles. The molecule has 0 saturated carbocycles. The van der Waals surface area contributed by atoms with Gasteiger partial charge in [0.25, 0.3) is 5.56 Å². The van der Waals surface area contributed by atoms with Crippen LogP contribution >= 0.6 is 0 Å². The van der Waals surface area contributed by atoms with E-state index in [2.05, 4.69) is 17.3 Å². The van der Waals surface area contributed by atoms with Gasteiger partial charge in [0.15, 0.2) is 0 Å². The number of hydrogen-bond donors (Lipinski definition) is 1. The summed E-state index contributed by atoms with van der Waals surface area (Å²) >= 11 is 0. The number of carbonyl (C=O) groups is 1. The van der Waals surface area contributed by atoms with Gasteiger partial charge >= 0.3 is 0 Å². The van der Waals surface area contributed by atoms with Crippen LogP contribution in [0.3, 0.4) is 0 Å². The fourth-order valence-corrected chi connectivity index (χ4v) is 3.11. The highest BCUT2D eigenvalue weighted by Crippen LogP contribution is 2.20. The summed E-state index contributed by atoms with van der Waals surface area (Å²) in [6.07, 6.45) is 3.31. The van der Waals surface area contributed by atoms with E-state index >= 15 is 0 Å². The number of aromatic nitrogens is 2. The van der Waals surface area contributed by atoms with E-state index in [9.17, 15) is 9.59 Å². The molecule has 0 fully saturated rings. The molecule has 0 aliphatic heterocycles. The van der Waals surface area contributed by atoms with Gasteiger partial charge in [-0.15, -0.1) is 0 Å². The molecule has 0 spiro atoms. The molecule has 6 heteroatoms. The standard InChI is InChI=1S/C24H27N3O3/c1-4-5-6-18-7-11-20(12-8-18)25-24(29)17(2)27-23(28)16-15-22(26-27)19-9-13-21(30-3)14-10-19/h7-17H,4-6H2,1-3H3,(H,25,29). The number of methoxy groups -OCH3 is 1. The lowest BCUT2D eigenvalue weighted by Gasteiger charge is -2.15. The van der Waals surface area contributed by atoms with Crippen LogP contribution in [0.5, 0.6) is 5.75 Å². The Labute approximate surface area is 176 Å². The highest BCUT2D eigenvalue weighted by Gasteiger charge is 2.18. The minimum Gasteiger partial charge on any atom is -0.497 e. The zero-order valence-corrected chi connectivity index (χ0v) is 17.6. The van der Waals surface area contributed by atoms with Crippen molar-refractivity contribution in [2.45, 2.75) is 39.2 Å². The number of nitrogens with one attached hydrogen (secondary N) is 1. The van der Waals surface area contributed by atoms with Crippen LogP contribution in [0.1, 0.15) is 38.3 Å². The number of amides is 1. The van der Waals surface area contributed by atoms with Gasteiger partial charge in [-0.3, -0.25) is 9.59 Å². The Morgan fingerprint density at radius 1 is 1.07 bits per heavy atom. The summed E-state index contributed by atoms with van der Waals surface area (Å²) in [4.78, 5) is 25.1. The number of aryl methyl sites for hydroxylation is 1. The van der Waals surface area contributed by atoms with Gasteiger partial charge < -0.3 is 10.1 Å². The smallest absolute Gasteiger partial charge is 0.267 e. The monoisotopic (exact) mass is 405 g/mol. The molecule has 1 atom stereocenters. The zero-order valence-electron chi connectivity index (χ0n) is 17.6. The van der Waals surface area contributed by atoms with Gasteiger partial charge in [-0.2, -0.15) is 5.10 Å². The molecule has 30 heavy (non-hydrogen) atoms. The van der Waals surface area contributed by atoms with Gasteiger partial charge in [-0.25, -0.2) is 4.68 Å². The first-order valence-corrected chi connectivity index (χ1v) is 10.2. The highest BCUT2D eigenvalue weighted by atomic mass is 16.5. The number of unbranched alkanes of at least 4 members (excludes halogenated alkanes) is 1. The minimum atomic E-state index is -0.754. The number of benzene rings is 2. The average molecular weight is 405 g/mol. The van der Waals surface area contributed by atoms with Crippen molar-refractivity contribution in [2.24, 2.45) is 0 Å². The maximum atomic E-state index is 12.7. The summed E-state index contributed by atoms with van der Waals surface area (Å²) in [7, 11) is 1.60. The first kappa shape index (κ1) is 21.3. The summed E-state index contributed by atoms with van der Waals surface area (Å²) in [5.74, 6) is 0.443. The normalized spacial score (nSPS) is 11.7. The van der Waals surface area contributed by atoms with Gasteiger partial charge in [0.05, 0.1) is 12.8 Å². The van der Waals surface area contributed by atoms with Crippen LogP contribution in [0, 0.1) is 0 Å². The Balaban J connectivity index is 1.75. The highest BCUT2D eigenvalue weighted by molar-refractivity contribution is 5.93. The summed E-state index contributed by atoms with van der Waals surface area (Å²) in [5, 5.41) is 7.28. The molecule has 156 valence electrons. The number of hydrogen-bond acceptors (Lipinski definition) is 4. The minimum absolute atomic E-state index is 0.294. The third-order valence-corrected chi connectivity index (χ3v) is 5.00. The third kappa shape index (κ3) is 5.14. The van der Waals surface area contributed by atoms with Crippen LogP contribution in [-0.4, -0.2) is 22.8 Å². The van der Waals surface area contributed by atoms with Crippen molar-refractivity contribution in [3.8, 4) is 17.0 Å². The molecular weight excluding hydrogens is 378 g/mol. The Hall–Kier alpha value is -3.41. The quantitative estimate of drug-likeness (QED) is 0.600. The van der Waals surface area contributed by atoms with Crippen LogP contribution in [0.2, 0.25) is 0 Å². The number of anilines is 1. The Morgan fingerprint density at radius 3 is 2.40 bits per heavy atom. The molecule has 1 aromatic heterocycles. The van der Waals surface area contributed by atoms with Crippen molar-refractivity contribution in [1.29, 1.82) is 0 Å². The average Bonchev–Trinajstić information content (AvgIpc) is 2.78. The summed E-state index contributed by atoms with van der Waals surface area (Å²) in [5.41, 5.74) is 3.06. The number of nitrogens with zero attached hydrogens (tertiary/aromatic N) is 2. The van der Waals surface area contributed by atoms with E-state index in [1.54, 1.807) is 20.1 Å². The molecule has 3 rings (SSSR count). The van der Waals surface area contributed by atoms with Crippen LogP contribution in [0.4, 0.5) is 5.69 Å². The number of ether oxygens (including phenoxy) is 1. The lowest BCUT2D eigenvalue weighted by Crippen LogP contribution is -2.33. The van der Waals surface area contributed by atoms with E-state index in [-0.39, 0.29) is 11.5 Å². The van der Waals surface area contributed by atoms with E-state index in [0.29, 0.717) is 11.4 Å². The van der Waals surface area contributed by atoms with Crippen LogP contribution in [0.15, 0.2) is 65.5 Å². The molecule has 3 aromatic rings. The molecule has 0 bridgehead atoms. The van der Waals surface area contributed by atoms with Crippen LogP contribution < -0.4 is 15.6 Å². The largest absolute Gasteiger partial charge is 0.497 e. The molecule has 2 aromatic carbocycles. The second-order valence-electron chi connectivity index (χ2n) is 7.20. The fourth-order valence-electron chi connectivity index (χ4n) is 3.11. The summed E-state index contributed by atoms with van der Waals surface area (Å²) in [6.45, 7) is 3.83.